The van der Waals surface area contributed by atoms with Crippen molar-refractivity contribution >= 4 is 41.8 Å². The standard InChI is InChI=1S/C17H13O4PS/c1-20-14-8-12(9-15(11-14)21-22(18)19)6-7-16-10-13-4-2-3-5-17(13)23-16/h2-11H,1H3/p+1/b7-6+. The summed E-state index contributed by atoms with van der Waals surface area (Å²) in [5.74, 6) is 0.860. The lowest BCUT2D eigenvalue weighted by molar-refractivity contribution is 0.400. The van der Waals surface area contributed by atoms with Crippen LogP contribution in [-0.2, 0) is 4.57 Å². The monoisotopic (exact) mass is 345 g/mol. The van der Waals surface area contributed by atoms with Crippen LogP contribution in [0.2, 0.25) is 0 Å². The molecule has 1 aromatic heterocycles. The van der Waals surface area contributed by atoms with E-state index in [1.54, 1.807) is 23.5 Å². The van der Waals surface area contributed by atoms with E-state index in [1.807, 2.05) is 30.4 Å². The quantitative estimate of drug-likeness (QED) is 0.653. The summed E-state index contributed by atoms with van der Waals surface area (Å²) >= 11 is 1.71. The molecule has 0 bridgehead atoms. The molecule has 0 fully saturated rings. The first-order valence-corrected chi connectivity index (χ1v) is 8.78. The van der Waals surface area contributed by atoms with Crippen LogP contribution in [0.1, 0.15) is 10.4 Å². The van der Waals surface area contributed by atoms with Gasteiger partial charge < -0.3 is 4.74 Å². The Labute approximate surface area is 138 Å². The lowest BCUT2D eigenvalue weighted by atomic mass is 10.2. The average molecular weight is 345 g/mol. The first-order chi connectivity index (χ1) is 11.1. The highest BCUT2D eigenvalue weighted by Gasteiger charge is 2.15. The molecule has 0 spiro atoms. The number of thiophene rings is 1. The van der Waals surface area contributed by atoms with E-state index in [0.717, 1.165) is 10.4 Å². The first kappa shape index (κ1) is 15.7. The van der Waals surface area contributed by atoms with Crippen molar-refractivity contribution in [2.24, 2.45) is 0 Å². The van der Waals surface area contributed by atoms with Gasteiger partial charge in [0.15, 0.2) is 5.75 Å². The van der Waals surface area contributed by atoms with Crippen molar-refractivity contribution in [1.29, 1.82) is 0 Å². The van der Waals surface area contributed by atoms with E-state index < -0.39 is 8.25 Å². The maximum Gasteiger partial charge on any atom is 0.747 e. The maximum absolute atomic E-state index is 10.8. The molecule has 2 aromatic carbocycles. The minimum atomic E-state index is -2.70. The van der Waals surface area contributed by atoms with E-state index >= 15 is 0 Å². The summed E-state index contributed by atoms with van der Waals surface area (Å²) in [5.41, 5.74) is 0.827. The number of fused-ring (bicyclic) bond motifs is 1. The zero-order chi connectivity index (χ0) is 16.2. The van der Waals surface area contributed by atoms with Gasteiger partial charge in [0.25, 0.3) is 0 Å². The summed E-state index contributed by atoms with van der Waals surface area (Å²) in [4.78, 5) is 10.0. The van der Waals surface area contributed by atoms with Gasteiger partial charge in [-0.3, -0.25) is 0 Å². The fourth-order valence-electron chi connectivity index (χ4n) is 2.21. The van der Waals surface area contributed by atoms with Crippen LogP contribution in [0, 0.1) is 0 Å². The molecule has 6 heteroatoms. The molecule has 1 N–H and O–H groups in total. The second-order valence-electron chi connectivity index (χ2n) is 4.79. The van der Waals surface area contributed by atoms with E-state index in [-0.39, 0.29) is 0 Å². The zero-order valence-electron chi connectivity index (χ0n) is 12.3. The number of benzene rings is 2. The van der Waals surface area contributed by atoms with E-state index in [2.05, 4.69) is 18.2 Å². The maximum atomic E-state index is 10.8. The van der Waals surface area contributed by atoms with Gasteiger partial charge in [-0.2, -0.15) is 0 Å². The third-order valence-electron chi connectivity index (χ3n) is 3.21. The van der Waals surface area contributed by atoms with E-state index in [4.69, 9.17) is 14.2 Å². The molecular weight excluding hydrogens is 331 g/mol. The predicted molar refractivity (Wildman–Crippen MR) is 94.2 cm³/mol. The molecule has 4 nitrogen and oxygen atoms in total. The first-order valence-electron chi connectivity index (χ1n) is 6.84. The van der Waals surface area contributed by atoms with Crippen molar-refractivity contribution in [3.05, 3.63) is 59.0 Å². The molecule has 0 saturated heterocycles. The molecule has 1 heterocycles. The number of hydrogen-bond donors (Lipinski definition) is 1. The Balaban J connectivity index is 1.89. The molecular formula is C17H14O4PS+. The highest BCUT2D eigenvalue weighted by Crippen LogP contribution is 2.30. The van der Waals surface area contributed by atoms with Crippen LogP contribution in [0.15, 0.2) is 48.5 Å². The Morgan fingerprint density at radius 2 is 1.87 bits per heavy atom. The van der Waals surface area contributed by atoms with Crippen LogP contribution < -0.4 is 9.26 Å². The molecule has 0 radical (unpaired) electrons. The molecule has 1 atom stereocenters. The summed E-state index contributed by atoms with van der Waals surface area (Å²) in [6, 6.07) is 15.4. The molecule has 0 aliphatic carbocycles. The highest BCUT2D eigenvalue weighted by atomic mass is 32.1. The third kappa shape index (κ3) is 3.96. The summed E-state index contributed by atoms with van der Waals surface area (Å²) in [6.07, 6.45) is 3.92. The van der Waals surface area contributed by atoms with Gasteiger partial charge in [-0.25, -0.2) is 4.52 Å². The van der Waals surface area contributed by atoms with Gasteiger partial charge in [0.2, 0.25) is 0 Å². The zero-order valence-corrected chi connectivity index (χ0v) is 14.0. The smallest absolute Gasteiger partial charge is 0.497 e. The molecule has 3 rings (SSSR count). The van der Waals surface area contributed by atoms with Gasteiger partial charge in [-0.05, 0) is 41.3 Å². The van der Waals surface area contributed by atoms with E-state index in [0.29, 0.717) is 11.5 Å². The lowest BCUT2D eigenvalue weighted by Crippen LogP contribution is -1.87. The van der Waals surface area contributed by atoms with E-state index in [9.17, 15) is 4.57 Å². The fourth-order valence-corrected chi connectivity index (χ4v) is 3.47. The summed E-state index contributed by atoms with van der Waals surface area (Å²) in [5, 5.41) is 1.21. The van der Waals surface area contributed by atoms with Crippen LogP contribution in [-0.4, -0.2) is 12.0 Å². The van der Waals surface area contributed by atoms with Gasteiger partial charge in [-0.1, -0.05) is 24.3 Å². The van der Waals surface area contributed by atoms with Crippen molar-refractivity contribution in [3.63, 3.8) is 0 Å². The Bertz CT molecular complexity index is 852. The Morgan fingerprint density at radius 3 is 2.61 bits per heavy atom. The van der Waals surface area contributed by atoms with Crippen LogP contribution >= 0.6 is 19.6 Å². The van der Waals surface area contributed by atoms with Crippen LogP contribution in [0.25, 0.3) is 22.2 Å². The van der Waals surface area contributed by atoms with Crippen molar-refractivity contribution < 1.29 is 18.7 Å². The number of methoxy groups -OCH3 is 1. The normalized spacial score (nSPS) is 11.8. The average Bonchev–Trinajstić information content (AvgIpc) is 2.95. The fraction of sp³-hybridized carbons (Fsp3) is 0.0588. The molecule has 0 amide bonds. The second kappa shape index (κ2) is 6.92. The molecule has 0 aliphatic heterocycles. The van der Waals surface area contributed by atoms with Gasteiger partial charge in [0, 0.05) is 20.2 Å². The second-order valence-corrected chi connectivity index (χ2v) is 6.56. The molecule has 0 saturated carbocycles. The van der Waals surface area contributed by atoms with Gasteiger partial charge >= 0.3 is 8.25 Å². The van der Waals surface area contributed by atoms with Gasteiger partial charge in [-0.15, -0.1) is 16.2 Å². The van der Waals surface area contributed by atoms with Crippen LogP contribution in [0.4, 0.5) is 0 Å². The predicted octanol–water partition coefficient (Wildman–Crippen LogP) is 5.11. The largest absolute Gasteiger partial charge is 0.747 e. The minimum Gasteiger partial charge on any atom is -0.497 e. The van der Waals surface area contributed by atoms with E-state index in [1.165, 1.54) is 17.2 Å². The van der Waals surface area contributed by atoms with Crippen molar-refractivity contribution in [1.82, 2.24) is 0 Å². The minimum absolute atomic E-state index is 0.295. The SMILES string of the molecule is COc1cc(/C=C/c2cc3ccccc3s2)cc(O[P+](=O)O)c1. The Hall–Kier alpha value is -2.20. The van der Waals surface area contributed by atoms with Gasteiger partial charge in [0.05, 0.1) is 7.11 Å². The van der Waals surface area contributed by atoms with Crippen molar-refractivity contribution in [2.75, 3.05) is 7.11 Å². The number of rotatable bonds is 5. The molecule has 116 valence electrons. The van der Waals surface area contributed by atoms with Gasteiger partial charge in [0.1, 0.15) is 5.75 Å². The highest BCUT2D eigenvalue weighted by molar-refractivity contribution is 7.32. The summed E-state index contributed by atoms with van der Waals surface area (Å²) in [6.45, 7) is 0. The van der Waals surface area contributed by atoms with Crippen LogP contribution in [0.3, 0.4) is 0 Å². The Kier molecular flexibility index (Phi) is 4.72. The third-order valence-corrected chi connectivity index (χ3v) is 4.65. The lowest BCUT2D eigenvalue weighted by Gasteiger charge is -2.02. The van der Waals surface area contributed by atoms with Crippen molar-refractivity contribution in [2.45, 2.75) is 0 Å². The van der Waals surface area contributed by atoms with Crippen molar-refractivity contribution in [3.8, 4) is 11.5 Å². The topological polar surface area (TPSA) is 55.8 Å². The Morgan fingerprint density at radius 1 is 1.09 bits per heavy atom. The molecule has 3 aromatic rings. The number of hydrogen-bond acceptors (Lipinski definition) is 4. The molecule has 23 heavy (non-hydrogen) atoms. The summed E-state index contributed by atoms with van der Waals surface area (Å²) < 4.78 is 22.1. The number of ether oxygens (including phenoxy) is 1. The summed E-state index contributed by atoms with van der Waals surface area (Å²) in [7, 11) is -1.16. The van der Waals surface area contributed by atoms with Crippen LogP contribution in [0.5, 0.6) is 11.5 Å². The molecule has 0 aliphatic rings. The molecule has 1 unspecified atom stereocenters.